The average molecular weight is 1300 g/mol. The van der Waals surface area contributed by atoms with Crippen LogP contribution in [0.2, 0.25) is 0 Å². The number of carboxylic acid groups (broad SMARTS) is 1. The van der Waals surface area contributed by atoms with Gasteiger partial charge in [0.2, 0.25) is 11.8 Å². The van der Waals surface area contributed by atoms with E-state index in [-0.39, 0.29) is 54.5 Å². The summed E-state index contributed by atoms with van der Waals surface area (Å²) in [5.74, 6) is -1.50. The Morgan fingerprint density at radius 3 is 1.45 bits per heavy atom. The molecule has 0 aromatic carbocycles. The fraction of sp³-hybridized carbons (Fsp3) is 0.175. The second-order valence-electron chi connectivity index (χ2n) is 19.9. The average Bonchev–Trinajstić information content (AvgIpc) is 1.98. The van der Waals surface area contributed by atoms with Crippen LogP contribution in [0.4, 0.5) is 28.7 Å². The molecule has 0 aliphatic heterocycles. The Hall–Kier alpha value is -12.1. The van der Waals surface area contributed by atoms with Crippen LogP contribution in [0.15, 0.2) is 161 Å². The number of imidazole rings is 2. The minimum atomic E-state index is -1.26. The SMILES string of the molecule is C.CN(C)c1ccncc1C#N.CN(C)c1ccncc1CN.Cc1cnc2ccc(-c3nc(C(=O)NCc4cnccc4N(C)C)c(N)nc3-c3ncco3)cn12.Cc1cnc2ccc(-c3nc(C(=O)O)c(N)nc3-c3ncco3)cn12.N#Cc1cnccc1Br. The first-order valence-electron chi connectivity index (χ1n) is 27.3. The summed E-state index contributed by atoms with van der Waals surface area (Å²) in [4.78, 5) is 80.5. The third-order valence-corrected chi connectivity index (χ3v) is 13.8. The van der Waals surface area contributed by atoms with Crippen LogP contribution in [-0.4, -0.2) is 128 Å². The van der Waals surface area contributed by atoms with Crippen LogP contribution < -0.4 is 37.2 Å². The van der Waals surface area contributed by atoms with Crippen molar-refractivity contribution in [1.29, 1.82) is 10.5 Å². The number of nitrogens with one attached hydrogen (secondary N) is 1. The monoisotopic (exact) mass is 1300 g/mol. The van der Waals surface area contributed by atoms with Crippen LogP contribution in [0.25, 0.3) is 57.0 Å². The Balaban J connectivity index is 0.000000182. The number of carbonyl (C=O) groups is 2. The summed E-state index contributed by atoms with van der Waals surface area (Å²) >= 11 is 3.19. The molecule has 28 nitrogen and oxygen atoms in total. The predicted molar refractivity (Wildman–Crippen MR) is 352 cm³/mol. The minimum absolute atomic E-state index is 0. The van der Waals surface area contributed by atoms with Gasteiger partial charge in [0.1, 0.15) is 47.3 Å². The van der Waals surface area contributed by atoms with Gasteiger partial charge in [-0.15, -0.1) is 0 Å². The highest BCUT2D eigenvalue weighted by Gasteiger charge is 2.24. The van der Waals surface area contributed by atoms with Crippen molar-refractivity contribution in [3.05, 3.63) is 197 Å². The summed E-state index contributed by atoms with van der Waals surface area (Å²) in [6.07, 6.45) is 26.4. The maximum Gasteiger partial charge on any atom is 0.358 e. The van der Waals surface area contributed by atoms with E-state index in [1.165, 1.54) is 31.1 Å². The van der Waals surface area contributed by atoms with E-state index in [1.54, 1.807) is 80.2 Å². The molecule has 0 spiro atoms. The number of aromatic carboxylic acids is 1. The summed E-state index contributed by atoms with van der Waals surface area (Å²) < 4.78 is 15.4. The third-order valence-electron chi connectivity index (χ3n) is 13.1. The number of nitrogen functional groups attached to an aromatic ring is 2. The number of rotatable bonds is 12. The van der Waals surface area contributed by atoms with Crippen LogP contribution in [0.5, 0.6) is 0 Å². The summed E-state index contributed by atoms with van der Waals surface area (Å²) in [6.45, 7) is 4.66. The van der Waals surface area contributed by atoms with Gasteiger partial charge in [-0.05, 0) is 78.3 Å². The highest BCUT2D eigenvalue weighted by Crippen LogP contribution is 2.33. The zero-order chi connectivity index (χ0) is 65.3. The maximum absolute atomic E-state index is 13.1. The van der Waals surface area contributed by atoms with Crippen LogP contribution in [0, 0.1) is 36.5 Å². The Bertz CT molecular complexity index is 4580. The number of aryl methyl sites for hydroxylation is 2. The van der Waals surface area contributed by atoms with Gasteiger partial charge in [0.05, 0.1) is 29.2 Å². The van der Waals surface area contributed by atoms with E-state index in [4.69, 9.17) is 36.6 Å². The molecule has 0 atom stereocenters. The third kappa shape index (κ3) is 16.2. The van der Waals surface area contributed by atoms with E-state index in [0.717, 1.165) is 55.3 Å². The normalized spacial score (nSPS) is 10.3. The van der Waals surface area contributed by atoms with Crippen molar-refractivity contribution in [1.82, 2.24) is 73.9 Å². The van der Waals surface area contributed by atoms with Crippen molar-refractivity contribution in [3.8, 4) is 57.8 Å². The lowest BCUT2D eigenvalue weighted by atomic mass is 10.1. The molecule has 0 radical (unpaired) electrons. The van der Waals surface area contributed by atoms with Gasteiger partial charge in [-0.25, -0.2) is 44.7 Å². The molecule has 12 aromatic heterocycles. The van der Waals surface area contributed by atoms with Gasteiger partial charge in [-0.3, -0.25) is 24.7 Å². The Morgan fingerprint density at radius 1 is 0.576 bits per heavy atom. The second-order valence-corrected chi connectivity index (χ2v) is 20.8. The zero-order valence-corrected chi connectivity index (χ0v) is 52.0. The molecular weight excluding hydrogens is 1240 g/mol. The summed E-state index contributed by atoms with van der Waals surface area (Å²) in [7, 11) is 11.6. The second kappa shape index (κ2) is 31.2. The van der Waals surface area contributed by atoms with Crippen LogP contribution in [0.1, 0.15) is 62.0 Å². The standard InChI is InChI=1S/C24H23N9O2.C16H12N6O3.C8H13N3.C8H9N3.C6H3BrN2.CH4/c1-14-10-28-18-5-4-15(13-33(14)18)19-20(24-27-8-9-35-24)31-22(25)21(30-19)23(34)29-12-16-11-26-7-6-17(16)32(2)3;1-8-6-19-10-3-2-9(7-22(8)10)11-12(15-18-4-5-25-15)21-14(17)13(20-11)16(23)24;2*1-11(2)8-3-4-10-6-7(8)5-9;7-6-1-2-9-4-5(6)3-8;/h4-11,13H,12H2,1-3H3,(H2,25,31)(H,29,34);2-7H,1H3,(H2,17,21)(H,23,24);3-4,6H,5,9H2,1-2H3;3-4,6H,1-2H3;1-2,4H;1H4. The lowest BCUT2D eigenvalue weighted by molar-refractivity contribution is 0.0691. The van der Waals surface area contributed by atoms with Crippen LogP contribution >= 0.6 is 15.9 Å². The molecule has 0 bridgehead atoms. The number of pyridine rings is 6. The van der Waals surface area contributed by atoms with Gasteiger partial charge < -0.3 is 60.0 Å². The smallest absolute Gasteiger partial charge is 0.358 e. The minimum Gasteiger partial charge on any atom is -0.476 e. The number of anilines is 5. The van der Waals surface area contributed by atoms with Gasteiger partial charge in [0.25, 0.3) is 5.91 Å². The number of amides is 1. The van der Waals surface area contributed by atoms with Crippen molar-refractivity contribution in [2.24, 2.45) is 5.73 Å². The number of hydrogen-bond acceptors (Lipinski definition) is 24. The van der Waals surface area contributed by atoms with Crippen molar-refractivity contribution < 1.29 is 23.5 Å². The number of halogens is 1. The van der Waals surface area contributed by atoms with Crippen molar-refractivity contribution in [2.45, 2.75) is 34.4 Å². The summed E-state index contributed by atoms with van der Waals surface area (Å²) in [6, 6.07) is 18.8. The molecule has 8 N–H and O–H groups in total. The van der Waals surface area contributed by atoms with Gasteiger partial charge in [-0.1, -0.05) is 7.43 Å². The Kier molecular flexibility index (Phi) is 22.9. The fourth-order valence-electron chi connectivity index (χ4n) is 8.68. The highest BCUT2D eigenvalue weighted by atomic mass is 79.9. The van der Waals surface area contributed by atoms with Gasteiger partial charge in [0, 0.05) is 179 Å². The molecule has 0 unspecified atom stereocenters. The van der Waals surface area contributed by atoms with Gasteiger partial charge in [-0.2, -0.15) is 10.5 Å². The number of oxazole rings is 2. The van der Waals surface area contributed by atoms with E-state index in [9.17, 15) is 14.7 Å². The first-order chi connectivity index (χ1) is 43.8. The fourth-order valence-corrected chi connectivity index (χ4v) is 8.98. The highest BCUT2D eigenvalue weighted by molar-refractivity contribution is 9.10. The van der Waals surface area contributed by atoms with Gasteiger partial charge >= 0.3 is 5.97 Å². The number of aromatic nitrogens is 14. The molecular formula is C63H64BrN23O5. The summed E-state index contributed by atoms with van der Waals surface area (Å²) in [5.41, 5.74) is 29.3. The molecule has 1 amide bonds. The molecule has 0 saturated heterocycles. The largest absolute Gasteiger partial charge is 0.476 e. The number of nitrogens with two attached hydrogens (primary N) is 3. The lowest BCUT2D eigenvalue weighted by Gasteiger charge is -2.17. The molecule has 12 rings (SSSR count). The van der Waals surface area contributed by atoms with Crippen molar-refractivity contribution >= 4 is 67.8 Å². The lowest BCUT2D eigenvalue weighted by Crippen LogP contribution is -2.27. The number of hydrogen-bond donors (Lipinski definition) is 5. The van der Waals surface area contributed by atoms with E-state index >= 15 is 0 Å². The predicted octanol–water partition coefficient (Wildman–Crippen LogP) is 8.74. The molecule has 12 heterocycles. The maximum atomic E-state index is 13.1. The van der Waals surface area contributed by atoms with Crippen LogP contribution in [0.3, 0.4) is 0 Å². The van der Waals surface area contributed by atoms with E-state index in [0.29, 0.717) is 45.9 Å². The Morgan fingerprint density at radius 2 is 1.02 bits per heavy atom. The number of carbonyl (C=O) groups excluding carboxylic acids is 1. The molecule has 0 fully saturated rings. The topological polar surface area (TPSA) is 392 Å². The first-order valence-corrected chi connectivity index (χ1v) is 28.1. The number of nitriles is 2. The molecule has 29 heteroatoms. The summed E-state index contributed by atoms with van der Waals surface area (Å²) in [5, 5.41) is 29.2. The molecule has 12 aromatic rings. The zero-order valence-electron chi connectivity index (χ0n) is 50.5. The van der Waals surface area contributed by atoms with E-state index in [2.05, 4.69) is 87.1 Å². The first kappa shape index (κ1) is 67.4. The van der Waals surface area contributed by atoms with Crippen molar-refractivity contribution in [2.75, 3.05) is 68.5 Å². The Labute approximate surface area is 537 Å². The molecule has 468 valence electrons. The molecule has 0 saturated carbocycles. The quantitative estimate of drug-likeness (QED) is 0.0762. The van der Waals surface area contributed by atoms with Crippen LogP contribution in [-0.2, 0) is 13.1 Å². The number of nitrogens with zero attached hydrogens (tertiary/aromatic N) is 19. The van der Waals surface area contributed by atoms with E-state index in [1.807, 2.05) is 122 Å². The number of fused-ring (bicyclic) bond motifs is 2. The van der Waals surface area contributed by atoms with E-state index < -0.39 is 11.9 Å². The molecule has 0 aliphatic carbocycles. The van der Waals surface area contributed by atoms with Crippen molar-refractivity contribution in [3.63, 3.8) is 0 Å². The molecule has 92 heavy (non-hydrogen) atoms. The van der Waals surface area contributed by atoms with Gasteiger partial charge in [0.15, 0.2) is 34.4 Å². The number of carboxylic acids is 1. The molecule has 0 aliphatic rings.